The summed E-state index contributed by atoms with van der Waals surface area (Å²) in [4.78, 5) is 27.5. The van der Waals surface area contributed by atoms with Gasteiger partial charge in [0.2, 0.25) is 21.8 Å². The van der Waals surface area contributed by atoms with Gasteiger partial charge in [0, 0.05) is 12.6 Å². The number of nitrogens with one attached hydrogen (secondary N) is 1. The van der Waals surface area contributed by atoms with E-state index >= 15 is 0 Å². The topological polar surface area (TPSA) is 86.8 Å². The van der Waals surface area contributed by atoms with Crippen LogP contribution in [0.4, 0.5) is 5.69 Å². The van der Waals surface area contributed by atoms with Crippen LogP contribution in [0, 0.1) is 0 Å². The van der Waals surface area contributed by atoms with Crippen molar-refractivity contribution in [2.24, 2.45) is 0 Å². The molecule has 0 aliphatic rings. The van der Waals surface area contributed by atoms with Gasteiger partial charge in [-0.25, -0.2) is 8.42 Å². The fourth-order valence-electron chi connectivity index (χ4n) is 3.12. The molecule has 0 saturated heterocycles. The molecule has 1 atom stereocenters. The second-order valence-electron chi connectivity index (χ2n) is 8.10. The van der Waals surface area contributed by atoms with Gasteiger partial charge in [-0.2, -0.15) is 0 Å². The Morgan fingerprint density at radius 2 is 1.46 bits per heavy atom. The highest BCUT2D eigenvalue weighted by Crippen LogP contribution is 2.35. The molecule has 0 heterocycles. The summed E-state index contributed by atoms with van der Waals surface area (Å²) < 4.78 is 26.1. The Labute approximate surface area is 230 Å². The van der Waals surface area contributed by atoms with E-state index in [-0.39, 0.29) is 38.4 Å². The molecule has 192 valence electrons. The standard InChI is InChI=1S/C22H24Cl5N3O4S/c1-12(2)28-22(32)13(3)29(10-14-5-6-15(23)16(24)7-14)21(31)11-30(35(4,33)34)20-9-18(26)17(25)8-19(20)27/h5-9,12-13H,10-11H2,1-4H3,(H,28,32)/t13-/m0/s1. The molecule has 7 nitrogen and oxygen atoms in total. The molecule has 0 saturated carbocycles. The zero-order chi connectivity index (χ0) is 26.7. The third kappa shape index (κ3) is 8.03. The number of nitrogens with zero attached hydrogens (tertiary/aromatic N) is 2. The number of halogens is 5. The van der Waals surface area contributed by atoms with E-state index in [0.29, 0.717) is 10.6 Å². The molecule has 0 fully saturated rings. The Morgan fingerprint density at radius 1 is 0.886 bits per heavy atom. The smallest absolute Gasteiger partial charge is 0.244 e. The van der Waals surface area contributed by atoms with Gasteiger partial charge >= 0.3 is 0 Å². The van der Waals surface area contributed by atoms with E-state index in [0.717, 1.165) is 10.6 Å². The number of hydrogen-bond acceptors (Lipinski definition) is 4. The molecule has 13 heteroatoms. The van der Waals surface area contributed by atoms with E-state index < -0.39 is 34.4 Å². The van der Waals surface area contributed by atoms with E-state index in [9.17, 15) is 18.0 Å². The number of sulfonamides is 1. The molecule has 0 aliphatic carbocycles. The first kappa shape index (κ1) is 29.8. The first-order valence-electron chi connectivity index (χ1n) is 10.3. The first-order valence-corrected chi connectivity index (χ1v) is 14.0. The lowest BCUT2D eigenvalue weighted by atomic mass is 10.1. The summed E-state index contributed by atoms with van der Waals surface area (Å²) in [6.07, 6.45) is 0.928. The van der Waals surface area contributed by atoms with Crippen molar-refractivity contribution in [3.8, 4) is 0 Å². The van der Waals surface area contributed by atoms with E-state index in [1.807, 2.05) is 0 Å². The highest BCUT2D eigenvalue weighted by Gasteiger charge is 2.31. The van der Waals surface area contributed by atoms with Crippen LogP contribution in [-0.2, 0) is 26.2 Å². The first-order chi connectivity index (χ1) is 16.1. The van der Waals surface area contributed by atoms with Crippen LogP contribution < -0.4 is 9.62 Å². The quantitative estimate of drug-likeness (QED) is 0.375. The van der Waals surface area contributed by atoms with Crippen molar-refractivity contribution in [1.82, 2.24) is 10.2 Å². The van der Waals surface area contributed by atoms with Crippen molar-refractivity contribution < 1.29 is 18.0 Å². The van der Waals surface area contributed by atoms with Gasteiger partial charge in [-0.05, 0) is 50.6 Å². The van der Waals surface area contributed by atoms with Crippen molar-refractivity contribution in [2.45, 2.75) is 39.4 Å². The van der Waals surface area contributed by atoms with Crippen LogP contribution in [0.3, 0.4) is 0 Å². The van der Waals surface area contributed by atoms with Crippen molar-refractivity contribution >= 4 is 85.5 Å². The average Bonchev–Trinajstić information content (AvgIpc) is 2.73. The highest BCUT2D eigenvalue weighted by atomic mass is 35.5. The summed E-state index contributed by atoms with van der Waals surface area (Å²) in [5, 5.41) is 3.53. The summed E-state index contributed by atoms with van der Waals surface area (Å²) in [7, 11) is -3.99. The van der Waals surface area contributed by atoms with Crippen LogP contribution in [0.5, 0.6) is 0 Å². The molecule has 0 bridgehead atoms. The van der Waals surface area contributed by atoms with Crippen molar-refractivity contribution in [3.05, 3.63) is 61.0 Å². The maximum atomic E-state index is 13.5. The van der Waals surface area contributed by atoms with Gasteiger partial charge < -0.3 is 10.2 Å². The van der Waals surface area contributed by atoms with Crippen LogP contribution in [0.2, 0.25) is 25.1 Å². The van der Waals surface area contributed by atoms with Crippen LogP contribution in [0.25, 0.3) is 0 Å². The molecule has 0 aliphatic heterocycles. The van der Waals surface area contributed by atoms with Gasteiger partial charge in [0.15, 0.2) is 0 Å². The van der Waals surface area contributed by atoms with Crippen molar-refractivity contribution in [1.29, 1.82) is 0 Å². The zero-order valence-corrected chi connectivity index (χ0v) is 23.9. The zero-order valence-electron chi connectivity index (χ0n) is 19.3. The van der Waals surface area contributed by atoms with Crippen LogP contribution >= 0.6 is 58.0 Å². The van der Waals surface area contributed by atoms with Gasteiger partial charge in [0.05, 0.1) is 37.1 Å². The predicted molar refractivity (Wildman–Crippen MR) is 143 cm³/mol. The Morgan fingerprint density at radius 3 is 2.00 bits per heavy atom. The van der Waals surface area contributed by atoms with E-state index in [4.69, 9.17) is 58.0 Å². The molecule has 2 aromatic rings. The minimum Gasteiger partial charge on any atom is -0.352 e. The molecular weight excluding hydrogens is 580 g/mol. The van der Waals surface area contributed by atoms with Gasteiger partial charge in [0.1, 0.15) is 12.6 Å². The molecule has 0 radical (unpaired) electrons. The Kier molecular flexibility index (Phi) is 10.4. The monoisotopic (exact) mass is 601 g/mol. The van der Waals surface area contributed by atoms with Gasteiger partial charge in [-0.1, -0.05) is 64.1 Å². The Hall–Kier alpha value is -1.42. The molecule has 0 unspecified atom stereocenters. The van der Waals surface area contributed by atoms with Crippen LogP contribution in [0.15, 0.2) is 30.3 Å². The van der Waals surface area contributed by atoms with Gasteiger partial charge in [-0.15, -0.1) is 0 Å². The van der Waals surface area contributed by atoms with Crippen molar-refractivity contribution in [2.75, 3.05) is 17.1 Å². The molecular formula is C22H24Cl5N3O4S. The minimum absolute atomic E-state index is 0.0146. The molecule has 0 spiro atoms. The second kappa shape index (κ2) is 12.2. The maximum Gasteiger partial charge on any atom is 0.244 e. The van der Waals surface area contributed by atoms with E-state index in [1.165, 1.54) is 17.0 Å². The molecule has 2 aromatic carbocycles. The summed E-state index contributed by atoms with van der Waals surface area (Å²) in [6.45, 7) is 4.44. The number of hydrogen-bond donors (Lipinski definition) is 1. The SMILES string of the molecule is CC(C)NC(=O)[C@H](C)N(Cc1ccc(Cl)c(Cl)c1)C(=O)CN(c1cc(Cl)c(Cl)cc1Cl)S(C)(=O)=O. The predicted octanol–water partition coefficient (Wildman–Crippen LogP) is 5.66. The normalized spacial score (nSPS) is 12.4. The number of amides is 2. The largest absolute Gasteiger partial charge is 0.352 e. The molecule has 35 heavy (non-hydrogen) atoms. The lowest BCUT2D eigenvalue weighted by Crippen LogP contribution is -2.52. The Bertz CT molecular complexity index is 1220. The summed E-state index contributed by atoms with van der Waals surface area (Å²) in [5.74, 6) is -1.07. The molecule has 2 amide bonds. The lowest BCUT2D eigenvalue weighted by Gasteiger charge is -2.32. The number of benzene rings is 2. The van der Waals surface area contributed by atoms with Crippen LogP contribution in [0.1, 0.15) is 26.3 Å². The summed E-state index contributed by atoms with van der Waals surface area (Å²) in [5.41, 5.74) is 0.570. The fraction of sp³-hybridized carbons (Fsp3) is 0.364. The van der Waals surface area contributed by atoms with Gasteiger partial charge in [-0.3, -0.25) is 13.9 Å². The Balaban J connectivity index is 2.48. The molecule has 2 rings (SSSR count). The third-order valence-corrected chi connectivity index (χ3v) is 7.76. The maximum absolute atomic E-state index is 13.5. The number of anilines is 1. The van der Waals surface area contributed by atoms with Gasteiger partial charge in [0.25, 0.3) is 0 Å². The summed E-state index contributed by atoms with van der Waals surface area (Å²) >= 11 is 30.4. The van der Waals surface area contributed by atoms with E-state index in [2.05, 4.69) is 5.32 Å². The second-order valence-corrected chi connectivity index (χ2v) is 12.0. The molecule has 1 N–H and O–H groups in total. The average molecular weight is 604 g/mol. The number of carbonyl (C=O) groups excluding carboxylic acids is 2. The fourth-order valence-corrected chi connectivity index (χ4v) is 4.99. The van der Waals surface area contributed by atoms with Crippen LogP contribution in [-0.4, -0.2) is 50.0 Å². The van der Waals surface area contributed by atoms with Crippen molar-refractivity contribution in [3.63, 3.8) is 0 Å². The number of rotatable bonds is 9. The third-order valence-electron chi connectivity index (χ3n) is 4.87. The minimum atomic E-state index is -3.99. The highest BCUT2D eigenvalue weighted by molar-refractivity contribution is 7.92. The lowest BCUT2D eigenvalue weighted by molar-refractivity contribution is -0.139. The van der Waals surface area contributed by atoms with E-state index in [1.54, 1.807) is 39.0 Å². The number of carbonyl (C=O) groups is 2. The summed E-state index contributed by atoms with van der Waals surface area (Å²) in [6, 6.07) is 6.24. The molecule has 0 aromatic heterocycles.